The molecular weight excluding hydrogens is 454 g/mol. The Morgan fingerprint density at radius 1 is 0.645 bits per heavy atom. The molecule has 4 aromatic carbocycles. The number of furan rings is 2. The summed E-state index contributed by atoms with van der Waals surface area (Å²) < 4.78 is 12.3. The fourth-order valence-corrected chi connectivity index (χ4v) is 4.27. The molecule has 0 aliphatic carbocycles. The summed E-state index contributed by atoms with van der Waals surface area (Å²) in [5.41, 5.74) is 16.6. The molecule has 0 aliphatic heterocycles. The van der Waals surface area contributed by atoms with Gasteiger partial charge in [-0.05, 0) is 52.3 Å². The number of fused-ring (bicyclic) bond motifs is 6. The molecule has 0 aliphatic rings. The molecule has 0 radical (unpaired) electrons. The minimum Gasteiger partial charge on any atom is -0.457 e. The number of nitrogen functional groups attached to an aromatic ring is 2. The van der Waals surface area contributed by atoms with Crippen LogP contribution in [-0.4, -0.2) is 0 Å². The Balaban J connectivity index is 0.000000132. The van der Waals surface area contributed by atoms with Gasteiger partial charge < -0.3 is 20.3 Å². The van der Waals surface area contributed by atoms with Crippen LogP contribution in [0.3, 0.4) is 0 Å². The van der Waals surface area contributed by atoms with Gasteiger partial charge in [0.2, 0.25) is 5.69 Å². The average molecular weight is 470 g/mol. The van der Waals surface area contributed by atoms with Crippen LogP contribution in [0.15, 0.2) is 86.1 Å². The molecule has 4 N–H and O–H groups in total. The lowest BCUT2D eigenvalue weighted by Crippen LogP contribution is -1.85. The molecule has 150 valence electrons. The van der Waals surface area contributed by atoms with Crippen molar-refractivity contribution in [2.45, 2.75) is 0 Å². The van der Waals surface area contributed by atoms with Crippen LogP contribution < -0.4 is 11.5 Å². The number of hydrogen-bond donors (Lipinski definition) is 2. The van der Waals surface area contributed by atoms with Gasteiger partial charge in [0.25, 0.3) is 0 Å². The van der Waals surface area contributed by atoms with Crippen molar-refractivity contribution < 1.29 is 8.83 Å². The van der Waals surface area contributed by atoms with E-state index >= 15 is 0 Å². The molecule has 0 saturated heterocycles. The number of rotatable bonds is 0. The number of nitrogens with two attached hydrogens (primary N) is 2. The third kappa shape index (κ3) is 3.07. The summed E-state index contributed by atoms with van der Waals surface area (Å²) in [7, 11) is 0. The van der Waals surface area contributed by atoms with Crippen LogP contribution in [0.2, 0.25) is 0 Å². The van der Waals surface area contributed by atoms with Crippen LogP contribution in [0.1, 0.15) is 0 Å². The molecule has 0 unspecified atom stereocenters. The van der Waals surface area contributed by atoms with Gasteiger partial charge in [0.15, 0.2) is 0 Å². The number of nitrogens with zero attached hydrogens (tertiary/aromatic N) is 1. The monoisotopic (exact) mass is 469 g/mol. The first-order valence-corrected chi connectivity index (χ1v) is 10.3. The number of para-hydroxylation sites is 2. The van der Waals surface area contributed by atoms with E-state index in [2.05, 4.69) is 20.8 Å². The van der Waals surface area contributed by atoms with E-state index in [0.717, 1.165) is 48.5 Å². The molecule has 0 fully saturated rings. The second-order valence-electron chi connectivity index (χ2n) is 7.03. The van der Waals surface area contributed by atoms with Gasteiger partial charge in [0.05, 0.1) is 11.0 Å². The second-order valence-corrected chi connectivity index (χ2v) is 7.82. The molecule has 0 atom stereocenters. The lowest BCUT2D eigenvalue weighted by molar-refractivity contribution is 0.668. The summed E-state index contributed by atoms with van der Waals surface area (Å²) in [5, 5.41) is 3.89. The zero-order valence-corrected chi connectivity index (χ0v) is 17.8. The first-order chi connectivity index (χ1) is 15.1. The third-order valence-electron chi connectivity index (χ3n) is 5.17. The molecule has 5 nitrogen and oxygen atoms in total. The SMILES string of the molecule is Nc1ccc2oc3ccccc3c2c1Br.[C-]#[N+]c1c(N)ccc2oc3ccccc3c12. The Bertz CT molecular complexity index is 1640. The zero-order chi connectivity index (χ0) is 21.5. The molecule has 0 saturated carbocycles. The van der Waals surface area contributed by atoms with E-state index in [9.17, 15) is 0 Å². The summed E-state index contributed by atoms with van der Waals surface area (Å²) in [6.45, 7) is 7.18. The average Bonchev–Trinajstić information content (AvgIpc) is 3.35. The number of benzene rings is 4. The third-order valence-corrected chi connectivity index (χ3v) is 6.02. The molecule has 6 heteroatoms. The highest BCUT2D eigenvalue weighted by Gasteiger charge is 2.13. The molecule has 31 heavy (non-hydrogen) atoms. The van der Waals surface area contributed by atoms with Crippen molar-refractivity contribution in [1.29, 1.82) is 0 Å². The maximum absolute atomic E-state index is 7.18. The number of anilines is 2. The maximum atomic E-state index is 7.18. The normalized spacial score (nSPS) is 11.0. The molecule has 2 heterocycles. The van der Waals surface area contributed by atoms with Crippen molar-refractivity contribution >= 4 is 76.9 Å². The van der Waals surface area contributed by atoms with E-state index in [1.165, 1.54) is 0 Å². The molecule has 0 spiro atoms. The van der Waals surface area contributed by atoms with Gasteiger partial charge >= 0.3 is 0 Å². The largest absolute Gasteiger partial charge is 0.457 e. The highest BCUT2D eigenvalue weighted by atomic mass is 79.9. The molecule has 6 aromatic rings. The fraction of sp³-hybridized carbons (Fsp3) is 0. The van der Waals surface area contributed by atoms with E-state index < -0.39 is 0 Å². The molecule has 2 aromatic heterocycles. The molecule has 6 rings (SSSR count). The Labute approximate surface area is 185 Å². The zero-order valence-electron chi connectivity index (χ0n) is 16.2. The van der Waals surface area contributed by atoms with Crippen LogP contribution in [0.4, 0.5) is 17.1 Å². The van der Waals surface area contributed by atoms with E-state index in [1.54, 1.807) is 12.1 Å². The molecule has 0 amide bonds. The van der Waals surface area contributed by atoms with E-state index in [-0.39, 0.29) is 0 Å². The standard InChI is InChI=1S/C13H8N2O.C12H8BrNO/c1-15-13-9(14)6-7-11-12(13)8-4-2-3-5-10(8)16-11;13-12-8(14)5-6-10-11(12)7-3-1-2-4-9(7)15-10/h2-7H,14H2;1-6H,14H2. The maximum Gasteiger partial charge on any atom is 0.220 e. The van der Waals surface area contributed by atoms with Gasteiger partial charge in [-0.15, -0.1) is 0 Å². The predicted octanol–water partition coefficient (Wildman–Crippen LogP) is 7.65. The molecular formula is C25H16BrN3O2. The molecule has 0 bridgehead atoms. The first-order valence-electron chi connectivity index (χ1n) is 9.51. The van der Waals surface area contributed by atoms with Crippen LogP contribution in [0.25, 0.3) is 48.7 Å². The Morgan fingerprint density at radius 3 is 1.77 bits per heavy atom. The van der Waals surface area contributed by atoms with Crippen molar-refractivity contribution in [1.82, 2.24) is 0 Å². The second kappa shape index (κ2) is 7.38. The topological polar surface area (TPSA) is 82.7 Å². The van der Waals surface area contributed by atoms with Crippen molar-refractivity contribution in [2.24, 2.45) is 0 Å². The Morgan fingerprint density at radius 2 is 1.16 bits per heavy atom. The van der Waals surface area contributed by atoms with Crippen LogP contribution in [0.5, 0.6) is 0 Å². The van der Waals surface area contributed by atoms with Gasteiger partial charge in [-0.3, -0.25) is 0 Å². The number of hydrogen-bond acceptors (Lipinski definition) is 4. The van der Waals surface area contributed by atoms with Crippen LogP contribution in [0, 0.1) is 6.57 Å². The van der Waals surface area contributed by atoms with Crippen molar-refractivity contribution in [2.75, 3.05) is 11.5 Å². The minimum atomic E-state index is 0.474. The van der Waals surface area contributed by atoms with Gasteiger partial charge in [-0.1, -0.05) is 36.4 Å². The smallest absolute Gasteiger partial charge is 0.220 e. The van der Waals surface area contributed by atoms with Gasteiger partial charge in [-0.2, -0.15) is 0 Å². The lowest BCUT2D eigenvalue weighted by atomic mass is 10.1. The van der Waals surface area contributed by atoms with Crippen molar-refractivity contribution in [3.05, 3.63) is 88.7 Å². The highest BCUT2D eigenvalue weighted by Crippen LogP contribution is 2.39. The summed E-state index contributed by atoms with van der Waals surface area (Å²) in [6.07, 6.45) is 0. The number of halogens is 1. The van der Waals surface area contributed by atoms with Crippen LogP contribution >= 0.6 is 15.9 Å². The fourth-order valence-electron chi connectivity index (χ4n) is 3.73. The summed E-state index contributed by atoms with van der Waals surface area (Å²) in [4.78, 5) is 3.49. The van der Waals surface area contributed by atoms with Gasteiger partial charge in [0, 0.05) is 32.9 Å². The predicted molar refractivity (Wildman–Crippen MR) is 130 cm³/mol. The van der Waals surface area contributed by atoms with Crippen LogP contribution in [-0.2, 0) is 0 Å². The van der Waals surface area contributed by atoms with Gasteiger partial charge in [-0.25, -0.2) is 4.85 Å². The van der Waals surface area contributed by atoms with Crippen molar-refractivity contribution in [3.63, 3.8) is 0 Å². The Kier molecular flexibility index (Phi) is 4.54. The van der Waals surface area contributed by atoms with E-state index in [4.69, 9.17) is 26.9 Å². The summed E-state index contributed by atoms with van der Waals surface area (Å²) >= 11 is 3.50. The highest BCUT2D eigenvalue weighted by molar-refractivity contribution is 9.10. The quantitative estimate of drug-likeness (QED) is 0.176. The van der Waals surface area contributed by atoms with E-state index in [0.29, 0.717) is 17.0 Å². The lowest BCUT2D eigenvalue weighted by Gasteiger charge is -1.98. The minimum absolute atomic E-state index is 0.474. The summed E-state index contributed by atoms with van der Waals surface area (Å²) in [5.74, 6) is 0. The first kappa shape index (κ1) is 19.0. The van der Waals surface area contributed by atoms with Gasteiger partial charge in [0.1, 0.15) is 22.3 Å². The Hall–Kier alpha value is -3.95. The summed E-state index contributed by atoms with van der Waals surface area (Å²) in [6, 6.07) is 22.9. The van der Waals surface area contributed by atoms with E-state index in [1.807, 2.05) is 60.7 Å². The van der Waals surface area contributed by atoms with Crippen molar-refractivity contribution in [3.8, 4) is 0 Å².